The maximum Gasteiger partial charge on any atom is 0.412 e. The molecule has 0 aromatic carbocycles. The summed E-state index contributed by atoms with van der Waals surface area (Å²) in [6.07, 6.45) is -0.566. The fraction of sp³-hybridized carbons (Fsp3) is 0.250. The smallest absolute Gasteiger partial charge is 0.412 e. The summed E-state index contributed by atoms with van der Waals surface area (Å²) < 4.78 is 4.65. The van der Waals surface area contributed by atoms with Crippen molar-refractivity contribution in [1.82, 2.24) is 4.98 Å². The number of nitrogens with zero attached hydrogens (tertiary/aromatic N) is 1. The van der Waals surface area contributed by atoms with Crippen LogP contribution in [0.5, 0.6) is 0 Å². The van der Waals surface area contributed by atoms with Crippen LogP contribution >= 0.6 is 0 Å². The van der Waals surface area contributed by atoms with Crippen LogP contribution in [0, 0.1) is 0 Å². The highest BCUT2D eigenvalue weighted by Gasteiger charge is 2.04. The molecule has 0 aliphatic heterocycles. The van der Waals surface area contributed by atoms with Gasteiger partial charge < -0.3 is 16.2 Å². The number of nitrogen functional groups attached to an aromatic ring is 2. The van der Waals surface area contributed by atoms with Gasteiger partial charge in [-0.25, -0.2) is 9.78 Å². The summed E-state index contributed by atoms with van der Waals surface area (Å²) in [7, 11) is 0. The standard InChI is InChI=1S/C8H12N4O2/c1-2-14-8(13)12-6-4-3-5(9)7(10)11-6/h3-4H,2,9H2,1H3,(H3,10,11,12,13). The molecule has 0 bridgehead atoms. The summed E-state index contributed by atoms with van der Waals surface area (Å²) in [5, 5.41) is 2.40. The third-order valence-corrected chi connectivity index (χ3v) is 1.46. The minimum absolute atomic E-state index is 0.180. The molecule has 0 fully saturated rings. The fourth-order valence-corrected chi connectivity index (χ4v) is 0.827. The predicted molar refractivity (Wildman–Crippen MR) is 53.7 cm³/mol. The Labute approximate surface area is 81.3 Å². The lowest BCUT2D eigenvalue weighted by Crippen LogP contribution is -2.14. The van der Waals surface area contributed by atoms with Crippen LogP contribution in [0.1, 0.15) is 6.92 Å². The molecule has 0 saturated carbocycles. The van der Waals surface area contributed by atoms with Crippen molar-refractivity contribution in [3.8, 4) is 0 Å². The molecule has 1 aromatic rings. The first-order valence-electron chi connectivity index (χ1n) is 4.09. The summed E-state index contributed by atoms with van der Waals surface area (Å²) in [6.45, 7) is 2.01. The highest BCUT2D eigenvalue weighted by atomic mass is 16.5. The largest absolute Gasteiger partial charge is 0.450 e. The SMILES string of the molecule is CCOC(=O)Nc1ccc(N)c(N)n1. The summed E-state index contributed by atoms with van der Waals surface area (Å²) in [5.74, 6) is 0.495. The van der Waals surface area contributed by atoms with E-state index in [-0.39, 0.29) is 5.82 Å². The van der Waals surface area contributed by atoms with Crippen molar-refractivity contribution in [3.05, 3.63) is 12.1 Å². The quantitative estimate of drug-likeness (QED) is 0.649. The number of carbonyl (C=O) groups excluding carboxylic acids is 1. The van der Waals surface area contributed by atoms with Crippen molar-refractivity contribution in [2.45, 2.75) is 6.92 Å². The highest BCUT2D eigenvalue weighted by molar-refractivity contribution is 5.84. The van der Waals surface area contributed by atoms with E-state index in [0.717, 1.165) is 0 Å². The summed E-state index contributed by atoms with van der Waals surface area (Å²) in [6, 6.07) is 3.10. The van der Waals surface area contributed by atoms with E-state index in [1.54, 1.807) is 19.1 Å². The Kier molecular flexibility index (Phi) is 3.11. The minimum atomic E-state index is -0.566. The van der Waals surface area contributed by atoms with Gasteiger partial charge in [0.1, 0.15) is 11.6 Å². The van der Waals surface area contributed by atoms with Crippen LogP contribution in [-0.2, 0) is 4.74 Å². The highest BCUT2D eigenvalue weighted by Crippen LogP contribution is 2.14. The lowest BCUT2D eigenvalue weighted by Gasteiger charge is -2.05. The number of anilines is 3. The number of rotatable bonds is 2. The van der Waals surface area contributed by atoms with Crippen LogP contribution in [0.2, 0.25) is 0 Å². The number of nitrogens with two attached hydrogens (primary N) is 2. The van der Waals surface area contributed by atoms with Gasteiger partial charge in [0.2, 0.25) is 0 Å². The molecule has 1 aromatic heterocycles. The molecule has 1 rings (SSSR count). The van der Waals surface area contributed by atoms with Gasteiger partial charge in [0, 0.05) is 0 Å². The molecule has 0 saturated heterocycles. The van der Waals surface area contributed by atoms with E-state index in [1.165, 1.54) is 0 Å². The number of pyridine rings is 1. The van der Waals surface area contributed by atoms with Crippen LogP contribution in [-0.4, -0.2) is 17.7 Å². The first kappa shape index (κ1) is 10.1. The first-order valence-corrected chi connectivity index (χ1v) is 4.09. The number of nitrogens with one attached hydrogen (secondary N) is 1. The van der Waals surface area contributed by atoms with Gasteiger partial charge in [-0.2, -0.15) is 0 Å². The van der Waals surface area contributed by atoms with Gasteiger partial charge in [-0.3, -0.25) is 5.32 Å². The number of carbonyl (C=O) groups is 1. The molecule has 5 N–H and O–H groups in total. The molecule has 6 heteroatoms. The van der Waals surface area contributed by atoms with Gasteiger partial charge in [-0.15, -0.1) is 0 Å². The molecule has 76 valence electrons. The fourth-order valence-electron chi connectivity index (χ4n) is 0.827. The number of amides is 1. The van der Waals surface area contributed by atoms with E-state index in [1.807, 2.05) is 0 Å². The Morgan fingerprint density at radius 2 is 2.29 bits per heavy atom. The number of hydrogen-bond donors (Lipinski definition) is 3. The lowest BCUT2D eigenvalue weighted by atomic mass is 10.4. The Bertz CT molecular complexity index is 340. The van der Waals surface area contributed by atoms with Crippen molar-refractivity contribution in [1.29, 1.82) is 0 Å². The van der Waals surface area contributed by atoms with Crippen LogP contribution < -0.4 is 16.8 Å². The van der Waals surface area contributed by atoms with Crippen molar-refractivity contribution in [3.63, 3.8) is 0 Å². The van der Waals surface area contributed by atoms with Gasteiger partial charge in [-0.1, -0.05) is 0 Å². The molecule has 0 radical (unpaired) electrons. The van der Waals surface area contributed by atoms with Crippen LogP contribution in [0.15, 0.2) is 12.1 Å². The zero-order valence-corrected chi connectivity index (χ0v) is 7.78. The van der Waals surface area contributed by atoms with Crippen LogP contribution in [0.25, 0.3) is 0 Å². The average molecular weight is 196 g/mol. The van der Waals surface area contributed by atoms with Crippen molar-refractivity contribution in [2.24, 2.45) is 0 Å². The average Bonchev–Trinajstić information content (AvgIpc) is 2.12. The Morgan fingerprint density at radius 3 is 2.86 bits per heavy atom. The molecule has 0 spiro atoms. The topological polar surface area (TPSA) is 103 Å². The zero-order chi connectivity index (χ0) is 10.6. The lowest BCUT2D eigenvalue weighted by molar-refractivity contribution is 0.168. The second-order valence-electron chi connectivity index (χ2n) is 2.52. The second kappa shape index (κ2) is 4.31. The maximum absolute atomic E-state index is 11.0. The zero-order valence-electron chi connectivity index (χ0n) is 7.78. The summed E-state index contributed by atoms with van der Waals surface area (Å²) in [4.78, 5) is 14.8. The van der Waals surface area contributed by atoms with Crippen LogP contribution in [0.4, 0.5) is 22.1 Å². The Morgan fingerprint density at radius 1 is 1.57 bits per heavy atom. The molecule has 0 unspecified atom stereocenters. The molecular formula is C8H12N4O2. The monoisotopic (exact) mass is 196 g/mol. The van der Waals surface area contributed by atoms with Crippen molar-refractivity contribution < 1.29 is 9.53 Å². The second-order valence-corrected chi connectivity index (χ2v) is 2.52. The maximum atomic E-state index is 11.0. The van der Waals surface area contributed by atoms with E-state index in [9.17, 15) is 4.79 Å². The third kappa shape index (κ3) is 2.51. The van der Waals surface area contributed by atoms with E-state index < -0.39 is 6.09 Å². The molecule has 0 aliphatic carbocycles. The number of ether oxygens (including phenoxy) is 1. The Balaban J connectivity index is 2.68. The summed E-state index contributed by atoms with van der Waals surface area (Å²) in [5.41, 5.74) is 11.3. The summed E-state index contributed by atoms with van der Waals surface area (Å²) >= 11 is 0. The van der Waals surface area contributed by atoms with Gasteiger partial charge in [0.05, 0.1) is 12.3 Å². The van der Waals surface area contributed by atoms with Gasteiger partial charge in [-0.05, 0) is 19.1 Å². The number of aromatic nitrogens is 1. The van der Waals surface area contributed by atoms with E-state index in [0.29, 0.717) is 18.1 Å². The molecule has 6 nitrogen and oxygen atoms in total. The number of hydrogen-bond acceptors (Lipinski definition) is 5. The van der Waals surface area contributed by atoms with Crippen LogP contribution in [0.3, 0.4) is 0 Å². The molecule has 1 heterocycles. The van der Waals surface area contributed by atoms with E-state index >= 15 is 0 Å². The molecule has 0 aliphatic rings. The van der Waals surface area contributed by atoms with Gasteiger partial charge in [0.15, 0.2) is 0 Å². The molecule has 0 atom stereocenters. The first-order chi connectivity index (χ1) is 6.63. The van der Waals surface area contributed by atoms with E-state index in [2.05, 4.69) is 15.0 Å². The van der Waals surface area contributed by atoms with E-state index in [4.69, 9.17) is 11.5 Å². The Hall–Kier alpha value is -1.98. The van der Waals surface area contributed by atoms with Crippen molar-refractivity contribution >= 4 is 23.4 Å². The van der Waals surface area contributed by atoms with Crippen molar-refractivity contribution in [2.75, 3.05) is 23.4 Å². The molecule has 1 amide bonds. The van der Waals surface area contributed by atoms with Gasteiger partial charge in [0.25, 0.3) is 0 Å². The third-order valence-electron chi connectivity index (χ3n) is 1.46. The predicted octanol–water partition coefficient (Wildman–Crippen LogP) is 0.814. The normalized spacial score (nSPS) is 9.50. The molecular weight excluding hydrogens is 184 g/mol. The van der Waals surface area contributed by atoms with Gasteiger partial charge >= 0.3 is 6.09 Å². The molecule has 14 heavy (non-hydrogen) atoms. The minimum Gasteiger partial charge on any atom is -0.450 e.